The lowest BCUT2D eigenvalue weighted by molar-refractivity contribution is 0.224. The first-order valence-corrected chi connectivity index (χ1v) is 6.64. The molecule has 1 aromatic rings. The minimum atomic E-state index is 0.251. The van der Waals surface area contributed by atoms with Crippen LogP contribution in [-0.4, -0.2) is 36.7 Å². The van der Waals surface area contributed by atoms with Crippen molar-refractivity contribution in [3.63, 3.8) is 0 Å². The number of hydrogen-bond acceptors (Lipinski definition) is 3. The number of likely N-dealkylation sites (N-methyl/N-ethyl adjacent to an activating group) is 1. The van der Waals surface area contributed by atoms with Gasteiger partial charge in [0.1, 0.15) is 5.75 Å². The minimum Gasteiger partial charge on any atom is -0.508 e. The van der Waals surface area contributed by atoms with Gasteiger partial charge in [-0.25, -0.2) is 0 Å². The molecule has 3 nitrogen and oxygen atoms in total. The zero-order chi connectivity index (χ0) is 13.7. The fourth-order valence-corrected chi connectivity index (χ4v) is 2.32. The van der Waals surface area contributed by atoms with Gasteiger partial charge < -0.3 is 15.3 Å². The standard InChI is InChI=1S/C14H23ClN2O/c1-10(2)13(17(3)4)9-16-8-11-12(15)6-5-7-14(11)18/h5-7,10,13,16,18H,8-9H2,1-4H3. The van der Waals surface area contributed by atoms with E-state index in [4.69, 9.17) is 11.6 Å². The Hall–Kier alpha value is -0.770. The summed E-state index contributed by atoms with van der Waals surface area (Å²) in [4.78, 5) is 2.21. The second-order valence-electron chi connectivity index (χ2n) is 5.14. The lowest BCUT2D eigenvalue weighted by atomic mass is 10.0. The molecular formula is C14H23ClN2O. The Morgan fingerprint density at radius 1 is 1.33 bits per heavy atom. The van der Waals surface area contributed by atoms with Crippen LogP contribution in [0.15, 0.2) is 18.2 Å². The zero-order valence-corrected chi connectivity index (χ0v) is 12.3. The van der Waals surface area contributed by atoms with E-state index in [1.165, 1.54) is 0 Å². The molecule has 0 aliphatic carbocycles. The number of phenolic OH excluding ortho intramolecular Hbond substituents is 1. The highest BCUT2D eigenvalue weighted by molar-refractivity contribution is 6.31. The molecule has 0 amide bonds. The third kappa shape index (κ3) is 4.16. The van der Waals surface area contributed by atoms with Gasteiger partial charge in [-0.2, -0.15) is 0 Å². The first-order chi connectivity index (χ1) is 8.43. The monoisotopic (exact) mass is 270 g/mol. The minimum absolute atomic E-state index is 0.251. The summed E-state index contributed by atoms with van der Waals surface area (Å²) in [6.07, 6.45) is 0. The topological polar surface area (TPSA) is 35.5 Å². The molecular weight excluding hydrogens is 248 g/mol. The van der Waals surface area contributed by atoms with Crippen LogP contribution in [0, 0.1) is 5.92 Å². The quantitative estimate of drug-likeness (QED) is 0.834. The van der Waals surface area contributed by atoms with Crippen LogP contribution in [0.5, 0.6) is 5.75 Å². The maximum Gasteiger partial charge on any atom is 0.121 e. The van der Waals surface area contributed by atoms with Crippen LogP contribution in [0.1, 0.15) is 19.4 Å². The fraction of sp³-hybridized carbons (Fsp3) is 0.571. The Kier molecular flexibility index (Phi) is 5.93. The van der Waals surface area contributed by atoms with E-state index in [9.17, 15) is 5.11 Å². The molecule has 4 heteroatoms. The number of phenols is 1. The molecule has 0 spiro atoms. The van der Waals surface area contributed by atoms with Crippen molar-refractivity contribution in [1.29, 1.82) is 0 Å². The molecule has 0 bridgehead atoms. The summed E-state index contributed by atoms with van der Waals surface area (Å²) in [5, 5.41) is 13.7. The van der Waals surface area contributed by atoms with Crippen LogP contribution >= 0.6 is 11.6 Å². The third-order valence-corrected chi connectivity index (χ3v) is 3.54. The Bertz CT molecular complexity index is 352. The maximum atomic E-state index is 9.74. The van der Waals surface area contributed by atoms with Gasteiger partial charge in [0.25, 0.3) is 0 Å². The summed E-state index contributed by atoms with van der Waals surface area (Å²) in [6, 6.07) is 5.67. The van der Waals surface area contributed by atoms with Crippen molar-refractivity contribution in [3.05, 3.63) is 28.8 Å². The van der Waals surface area contributed by atoms with Gasteiger partial charge in [0, 0.05) is 29.7 Å². The van der Waals surface area contributed by atoms with E-state index in [1.807, 2.05) is 0 Å². The van der Waals surface area contributed by atoms with Crippen molar-refractivity contribution in [2.45, 2.75) is 26.4 Å². The highest BCUT2D eigenvalue weighted by Crippen LogP contribution is 2.24. The van der Waals surface area contributed by atoms with E-state index >= 15 is 0 Å². The summed E-state index contributed by atoms with van der Waals surface area (Å²) in [5.74, 6) is 0.827. The highest BCUT2D eigenvalue weighted by Gasteiger charge is 2.15. The van der Waals surface area contributed by atoms with Crippen molar-refractivity contribution in [1.82, 2.24) is 10.2 Å². The lowest BCUT2D eigenvalue weighted by Gasteiger charge is -2.28. The Balaban J connectivity index is 2.55. The first-order valence-electron chi connectivity index (χ1n) is 6.27. The first kappa shape index (κ1) is 15.3. The third-order valence-electron chi connectivity index (χ3n) is 3.18. The van der Waals surface area contributed by atoms with E-state index in [1.54, 1.807) is 18.2 Å². The van der Waals surface area contributed by atoms with Crippen LogP contribution in [0.4, 0.5) is 0 Å². The van der Waals surface area contributed by atoms with Gasteiger partial charge >= 0.3 is 0 Å². The van der Waals surface area contributed by atoms with Crippen LogP contribution < -0.4 is 5.32 Å². The molecule has 1 rings (SSSR count). The predicted octanol–water partition coefficient (Wildman–Crippen LogP) is 2.72. The number of benzene rings is 1. The molecule has 18 heavy (non-hydrogen) atoms. The Labute approximate surface area is 115 Å². The second kappa shape index (κ2) is 6.98. The maximum absolute atomic E-state index is 9.74. The number of nitrogens with one attached hydrogen (secondary N) is 1. The molecule has 0 aliphatic rings. The molecule has 0 aliphatic heterocycles. The second-order valence-corrected chi connectivity index (χ2v) is 5.55. The largest absolute Gasteiger partial charge is 0.508 e. The fourth-order valence-electron chi connectivity index (χ4n) is 2.08. The molecule has 0 radical (unpaired) electrons. The van der Waals surface area contributed by atoms with Gasteiger partial charge in [-0.1, -0.05) is 31.5 Å². The number of rotatable bonds is 6. The van der Waals surface area contributed by atoms with Gasteiger partial charge in [-0.3, -0.25) is 0 Å². The molecule has 0 fully saturated rings. The Morgan fingerprint density at radius 3 is 2.50 bits per heavy atom. The molecule has 1 atom stereocenters. The van der Waals surface area contributed by atoms with Crippen molar-refractivity contribution >= 4 is 11.6 Å². The van der Waals surface area contributed by atoms with Gasteiger partial charge in [0.05, 0.1) is 0 Å². The van der Waals surface area contributed by atoms with E-state index in [0.29, 0.717) is 23.5 Å². The van der Waals surface area contributed by atoms with Gasteiger partial charge in [-0.05, 0) is 32.1 Å². The molecule has 0 saturated carbocycles. The number of aromatic hydroxyl groups is 1. The van der Waals surface area contributed by atoms with Crippen molar-refractivity contribution in [3.8, 4) is 5.75 Å². The van der Waals surface area contributed by atoms with E-state index in [2.05, 4.69) is 38.2 Å². The molecule has 0 heterocycles. The van der Waals surface area contributed by atoms with Crippen LogP contribution in [0.3, 0.4) is 0 Å². The van der Waals surface area contributed by atoms with Crippen molar-refractivity contribution in [2.75, 3.05) is 20.6 Å². The van der Waals surface area contributed by atoms with Gasteiger partial charge in [0.15, 0.2) is 0 Å². The van der Waals surface area contributed by atoms with Crippen LogP contribution in [-0.2, 0) is 6.54 Å². The van der Waals surface area contributed by atoms with E-state index in [-0.39, 0.29) is 5.75 Å². The highest BCUT2D eigenvalue weighted by atomic mass is 35.5. The molecule has 2 N–H and O–H groups in total. The summed E-state index contributed by atoms with van der Waals surface area (Å²) < 4.78 is 0. The summed E-state index contributed by atoms with van der Waals surface area (Å²) in [5.41, 5.74) is 0.764. The average Bonchev–Trinajstić information content (AvgIpc) is 2.26. The predicted molar refractivity (Wildman–Crippen MR) is 77.1 cm³/mol. The zero-order valence-electron chi connectivity index (χ0n) is 11.6. The number of hydrogen-bond donors (Lipinski definition) is 2. The molecule has 1 aromatic carbocycles. The Morgan fingerprint density at radius 2 is 2.00 bits per heavy atom. The number of halogens is 1. The summed E-state index contributed by atoms with van der Waals surface area (Å²) in [6.45, 7) is 5.87. The van der Waals surface area contributed by atoms with Crippen LogP contribution in [0.2, 0.25) is 5.02 Å². The van der Waals surface area contributed by atoms with Crippen molar-refractivity contribution in [2.24, 2.45) is 5.92 Å². The summed E-state index contributed by atoms with van der Waals surface area (Å²) >= 11 is 6.06. The molecule has 0 saturated heterocycles. The SMILES string of the molecule is CC(C)C(CNCc1c(O)cccc1Cl)N(C)C. The molecule has 102 valence electrons. The van der Waals surface area contributed by atoms with Gasteiger partial charge in [0.2, 0.25) is 0 Å². The van der Waals surface area contributed by atoms with Gasteiger partial charge in [-0.15, -0.1) is 0 Å². The van der Waals surface area contributed by atoms with Crippen LogP contribution in [0.25, 0.3) is 0 Å². The van der Waals surface area contributed by atoms with E-state index < -0.39 is 0 Å². The normalized spacial score (nSPS) is 13.3. The van der Waals surface area contributed by atoms with E-state index in [0.717, 1.165) is 12.1 Å². The average molecular weight is 271 g/mol. The van der Waals surface area contributed by atoms with Crippen molar-refractivity contribution < 1.29 is 5.11 Å². The molecule has 0 aromatic heterocycles. The number of nitrogens with zero attached hydrogens (tertiary/aromatic N) is 1. The molecule has 1 unspecified atom stereocenters. The summed E-state index contributed by atoms with van der Waals surface area (Å²) in [7, 11) is 4.17. The smallest absolute Gasteiger partial charge is 0.121 e. The lowest BCUT2D eigenvalue weighted by Crippen LogP contribution is -2.41.